The summed E-state index contributed by atoms with van der Waals surface area (Å²) >= 11 is 0. The van der Waals surface area contributed by atoms with Gasteiger partial charge in [-0.25, -0.2) is 0 Å². The molecule has 0 spiro atoms. The molecule has 0 saturated carbocycles. The SMILES string of the molecule is C=Cc1cccnc1-c1ncccc1C=C. The Kier molecular flexibility index (Phi) is 2.92. The first-order valence-electron chi connectivity index (χ1n) is 5.02. The van der Waals surface area contributed by atoms with E-state index in [1.165, 1.54) is 0 Å². The highest BCUT2D eigenvalue weighted by Crippen LogP contribution is 2.23. The van der Waals surface area contributed by atoms with Crippen molar-refractivity contribution in [2.24, 2.45) is 0 Å². The van der Waals surface area contributed by atoms with Gasteiger partial charge in [-0.05, 0) is 12.1 Å². The molecular weight excluding hydrogens is 196 g/mol. The van der Waals surface area contributed by atoms with E-state index in [9.17, 15) is 0 Å². The van der Waals surface area contributed by atoms with Crippen molar-refractivity contribution >= 4 is 12.2 Å². The van der Waals surface area contributed by atoms with Gasteiger partial charge in [0.2, 0.25) is 0 Å². The van der Waals surface area contributed by atoms with Crippen LogP contribution in [0.25, 0.3) is 23.5 Å². The third-order valence-electron chi connectivity index (χ3n) is 2.34. The third-order valence-corrected chi connectivity index (χ3v) is 2.34. The zero-order valence-electron chi connectivity index (χ0n) is 8.93. The molecule has 0 bridgehead atoms. The fourth-order valence-electron chi connectivity index (χ4n) is 1.56. The molecule has 2 nitrogen and oxygen atoms in total. The molecule has 0 amide bonds. The van der Waals surface area contributed by atoms with Crippen molar-refractivity contribution in [3.05, 3.63) is 60.9 Å². The summed E-state index contributed by atoms with van der Waals surface area (Å²) < 4.78 is 0. The molecule has 2 heteroatoms. The average molecular weight is 208 g/mol. The van der Waals surface area contributed by atoms with Gasteiger partial charge in [-0.1, -0.05) is 37.4 Å². The number of hydrogen-bond donors (Lipinski definition) is 0. The fraction of sp³-hybridized carbons (Fsp3) is 0. The maximum atomic E-state index is 4.35. The molecule has 0 aliphatic heterocycles. The lowest BCUT2D eigenvalue weighted by Crippen LogP contribution is -1.92. The first kappa shape index (κ1) is 10.3. The van der Waals surface area contributed by atoms with Crippen LogP contribution in [0.4, 0.5) is 0 Å². The number of pyridine rings is 2. The van der Waals surface area contributed by atoms with Crippen LogP contribution in [0.1, 0.15) is 11.1 Å². The molecule has 0 saturated heterocycles. The van der Waals surface area contributed by atoms with E-state index < -0.39 is 0 Å². The van der Waals surface area contributed by atoms with Crippen LogP contribution in [0.5, 0.6) is 0 Å². The second kappa shape index (κ2) is 4.53. The molecule has 2 heterocycles. The predicted octanol–water partition coefficient (Wildman–Crippen LogP) is 3.43. The summed E-state index contributed by atoms with van der Waals surface area (Å²) in [6.45, 7) is 7.56. The van der Waals surface area contributed by atoms with Gasteiger partial charge in [-0.3, -0.25) is 9.97 Å². The van der Waals surface area contributed by atoms with E-state index in [4.69, 9.17) is 0 Å². The van der Waals surface area contributed by atoms with Gasteiger partial charge in [0.1, 0.15) is 0 Å². The first-order chi connectivity index (χ1) is 7.86. The molecule has 16 heavy (non-hydrogen) atoms. The van der Waals surface area contributed by atoms with Gasteiger partial charge in [0.25, 0.3) is 0 Å². The Labute approximate surface area is 95.0 Å². The Morgan fingerprint density at radius 2 is 1.25 bits per heavy atom. The lowest BCUT2D eigenvalue weighted by Gasteiger charge is -2.06. The van der Waals surface area contributed by atoms with Gasteiger partial charge in [0.05, 0.1) is 11.4 Å². The molecule has 0 aliphatic carbocycles. The maximum Gasteiger partial charge on any atom is 0.0964 e. The molecule has 0 N–H and O–H groups in total. The Morgan fingerprint density at radius 3 is 1.62 bits per heavy atom. The summed E-state index contributed by atoms with van der Waals surface area (Å²) in [4.78, 5) is 8.69. The van der Waals surface area contributed by atoms with Crippen LogP contribution >= 0.6 is 0 Å². The highest BCUT2D eigenvalue weighted by molar-refractivity contribution is 5.75. The summed E-state index contributed by atoms with van der Waals surface area (Å²) in [7, 11) is 0. The Hall–Kier alpha value is -2.22. The third kappa shape index (κ3) is 1.77. The van der Waals surface area contributed by atoms with E-state index in [1.54, 1.807) is 24.5 Å². The quantitative estimate of drug-likeness (QED) is 0.772. The minimum absolute atomic E-state index is 0.841. The summed E-state index contributed by atoms with van der Waals surface area (Å²) in [5.41, 5.74) is 3.63. The Balaban J connectivity index is 2.67. The standard InChI is InChI=1S/C14H12N2/c1-3-11-7-5-9-15-13(11)14-12(4-2)8-6-10-16-14/h3-10H,1-2H2. The Morgan fingerprint density at radius 1 is 0.812 bits per heavy atom. The van der Waals surface area contributed by atoms with Crippen molar-refractivity contribution in [1.29, 1.82) is 0 Å². The van der Waals surface area contributed by atoms with Crippen molar-refractivity contribution < 1.29 is 0 Å². The van der Waals surface area contributed by atoms with Crippen LogP contribution in [-0.2, 0) is 0 Å². The monoisotopic (exact) mass is 208 g/mol. The summed E-state index contributed by atoms with van der Waals surface area (Å²) in [6.07, 6.45) is 7.07. The molecule has 0 radical (unpaired) electrons. The fourth-order valence-corrected chi connectivity index (χ4v) is 1.56. The smallest absolute Gasteiger partial charge is 0.0964 e. The minimum atomic E-state index is 0.841. The van der Waals surface area contributed by atoms with Crippen LogP contribution in [0, 0.1) is 0 Å². The van der Waals surface area contributed by atoms with E-state index in [-0.39, 0.29) is 0 Å². The van der Waals surface area contributed by atoms with Gasteiger partial charge in [0, 0.05) is 23.5 Å². The van der Waals surface area contributed by atoms with Crippen LogP contribution < -0.4 is 0 Å². The second-order valence-electron chi connectivity index (χ2n) is 3.29. The second-order valence-corrected chi connectivity index (χ2v) is 3.29. The molecule has 78 valence electrons. The molecular formula is C14H12N2. The van der Waals surface area contributed by atoms with E-state index in [0.29, 0.717) is 0 Å². The largest absolute Gasteiger partial charge is 0.254 e. The molecule has 0 aliphatic rings. The Bertz CT molecular complexity index is 480. The highest BCUT2D eigenvalue weighted by atomic mass is 14.8. The van der Waals surface area contributed by atoms with E-state index >= 15 is 0 Å². The maximum absolute atomic E-state index is 4.35. The van der Waals surface area contributed by atoms with Gasteiger partial charge in [-0.15, -0.1) is 0 Å². The van der Waals surface area contributed by atoms with Gasteiger partial charge >= 0.3 is 0 Å². The number of hydrogen-bond acceptors (Lipinski definition) is 2. The number of aromatic nitrogens is 2. The zero-order valence-corrected chi connectivity index (χ0v) is 8.93. The lowest BCUT2D eigenvalue weighted by molar-refractivity contribution is 1.23. The van der Waals surface area contributed by atoms with E-state index in [1.807, 2.05) is 24.3 Å². The van der Waals surface area contributed by atoms with Gasteiger partial charge < -0.3 is 0 Å². The van der Waals surface area contributed by atoms with Crippen LogP contribution in [0.2, 0.25) is 0 Å². The molecule has 2 aromatic heterocycles. The predicted molar refractivity (Wildman–Crippen MR) is 67.7 cm³/mol. The molecule has 0 fully saturated rings. The summed E-state index contributed by atoms with van der Waals surface area (Å²) in [6, 6.07) is 7.71. The number of rotatable bonds is 3. The van der Waals surface area contributed by atoms with Crippen LogP contribution in [0.15, 0.2) is 49.8 Å². The molecule has 0 aromatic carbocycles. The first-order valence-corrected chi connectivity index (χ1v) is 5.02. The molecule has 0 unspecified atom stereocenters. The van der Waals surface area contributed by atoms with Crippen molar-refractivity contribution in [1.82, 2.24) is 9.97 Å². The average Bonchev–Trinajstić information content (AvgIpc) is 2.38. The molecule has 0 atom stereocenters. The van der Waals surface area contributed by atoms with Crippen LogP contribution in [-0.4, -0.2) is 9.97 Å². The minimum Gasteiger partial charge on any atom is -0.254 e. The number of nitrogens with zero attached hydrogens (tertiary/aromatic N) is 2. The van der Waals surface area contributed by atoms with Crippen molar-refractivity contribution in [2.45, 2.75) is 0 Å². The zero-order chi connectivity index (χ0) is 11.4. The van der Waals surface area contributed by atoms with Gasteiger partial charge in [0.15, 0.2) is 0 Å². The van der Waals surface area contributed by atoms with Crippen molar-refractivity contribution in [3.63, 3.8) is 0 Å². The normalized spacial score (nSPS) is 9.75. The lowest BCUT2D eigenvalue weighted by atomic mass is 10.1. The summed E-state index contributed by atoms with van der Waals surface area (Å²) in [5.74, 6) is 0. The van der Waals surface area contributed by atoms with Crippen molar-refractivity contribution in [3.8, 4) is 11.4 Å². The van der Waals surface area contributed by atoms with Gasteiger partial charge in [-0.2, -0.15) is 0 Å². The van der Waals surface area contributed by atoms with Crippen LogP contribution in [0.3, 0.4) is 0 Å². The molecule has 2 rings (SSSR count). The summed E-state index contributed by atoms with van der Waals surface area (Å²) in [5, 5.41) is 0. The highest BCUT2D eigenvalue weighted by Gasteiger charge is 2.07. The molecule has 2 aromatic rings. The van der Waals surface area contributed by atoms with Crippen molar-refractivity contribution in [2.75, 3.05) is 0 Å². The topological polar surface area (TPSA) is 25.8 Å². The van der Waals surface area contributed by atoms with E-state index in [0.717, 1.165) is 22.5 Å². The van der Waals surface area contributed by atoms with E-state index in [2.05, 4.69) is 23.1 Å².